The molecular formula is C34H49N3O3S. The third kappa shape index (κ3) is 11.5. The Labute approximate surface area is 251 Å². The van der Waals surface area contributed by atoms with E-state index in [0.29, 0.717) is 23.6 Å². The molecule has 1 aliphatic rings. The number of thioether (sulfide) groups is 1. The standard InChI is InChI=1S/C34H49N3O3S/c1-4-5-6-7-8-9-10-11-12-13-14-17-23-40-33-30(28(3)38)20-18-22-32(33)36-34(39)35-31-21-16-15-19-29(31)24-37-26-41-25-27(37)2/h15-16,18-22,25H,4-14,17,23-24,26H2,1-3H3,(H2,35,36,39). The molecule has 1 aliphatic heterocycles. The summed E-state index contributed by atoms with van der Waals surface area (Å²) in [6, 6.07) is 12.8. The number of para-hydroxylation sites is 2. The summed E-state index contributed by atoms with van der Waals surface area (Å²) in [5.74, 6) is 1.27. The van der Waals surface area contributed by atoms with Crippen LogP contribution in [0.3, 0.4) is 0 Å². The first-order valence-corrected chi connectivity index (χ1v) is 16.5. The highest BCUT2D eigenvalue weighted by Crippen LogP contribution is 2.31. The summed E-state index contributed by atoms with van der Waals surface area (Å²) in [5, 5.41) is 8.08. The largest absolute Gasteiger partial charge is 0.491 e. The van der Waals surface area contributed by atoms with E-state index in [1.165, 1.54) is 76.8 Å². The highest BCUT2D eigenvalue weighted by atomic mass is 32.2. The zero-order chi connectivity index (χ0) is 29.3. The first-order chi connectivity index (χ1) is 20.0. The fourth-order valence-electron chi connectivity index (χ4n) is 5.04. The van der Waals surface area contributed by atoms with Crippen molar-refractivity contribution < 1.29 is 14.3 Å². The molecule has 224 valence electrons. The van der Waals surface area contributed by atoms with Crippen LogP contribution in [0.2, 0.25) is 0 Å². The van der Waals surface area contributed by atoms with Gasteiger partial charge in [-0.1, -0.05) is 102 Å². The number of allylic oxidation sites excluding steroid dienone is 1. The Kier molecular flexibility index (Phi) is 14.7. The molecule has 41 heavy (non-hydrogen) atoms. The van der Waals surface area contributed by atoms with Crippen LogP contribution in [-0.4, -0.2) is 29.2 Å². The van der Waals surface area contributed by atoms with Crippen molar-refractivity contribution in [3.63, 3.8) is 0 Å². The van der Waals surface area contributed by atoms with E-state index in [1.54, 1.807) is 30.0 Å². The summed E-state index contributed by atoms with van der Waals surface area (Å²) in [5.41, 5.74) is 4.01. The monoisotopic (exact) mass is 579 g/mol. The van der Waals surface area contributed by atoms with Crippen LogP contribution < -0.4 is 15.4 Å². The highest BCUT2D eigenvalue weighted by Gasteiger charge is 2.18. The van der Waals surface area contributed by atoms with Gasteiger partial charge in [0, 0.05) is 17.9 Å². The molecule has 0 radical (unpaired) electrons. The van der Waals surface area contributed by atoms with E-state index in [-0.39, 0.29) is 11.8 Å². The maximum atomic E-state index is 13.1. The average Bonchev–Trinajstić information content (AvgIpc) is 3.36. The van der Waals surface area contributed by atoms with Gasteiger partial charge < -0.3 is 20.3 Å². The third-order valence-corrected chi connectivity index (χ3v) is 8.47. The lowest BCUT2D eigenvalue weighted by molar-refractivity contribution is 0.101. The number of nitrogens with zero attached hydrogens (tertiary/aromatic N) is 1. The fourth-order valence-corrected chi connectivity index (χ4v) is 5.98. The molecule has 0 aliphatic carbocycles. The molecule has 0 unspecified atom stereocenters. The minimum atomic E-state index is -0.364. The SMILES string of the molecule is CCCCCCCCCCCCCCOc1c(NC(=O)Nc2ccccc2CN2CSC=C2C)cccc1C(C)=O. The Balaban J connectivity index is 1.47. The molecule has 2 amide bonds. The highest BCUT2D eigenvalue weighted by molar-refractivity contribution is 8.02. The van der Waals surface area contributed by atoms with Gasteiger partial charge in [-0.3, -0.25) is 4.79 Å². The Morgan fingerprint density at radius 2 is 1.44 bits per heavy atom. The number of Topliss-reactive ketones (excluding diaryl/α,β-unsaturated/α-hetero) is 1. The van der Waals surface area contributed by atoms with Crippen molar-refractivity contribution in [2.24, 2.45) is 0 Å². The molecule has 1 heterocycles. The van der Waals surface area contributed by atoms with E-state index in [4.69, 9.17) is 4.74 Å². The van der Waals surface area contributed by atoms with Crippen molar-refractivity contribution in [3.05, 3.63) is 64.7 Å². The van der Waals surface area contributed by atoms with Crippen LogP contribution in [0.1, 0.15) is 114 Å². The van der Waals surface area contributed by atoms with Crippen molar-refractivity contribution in [2.75, 3.05) is 23.1 Å². The quantitative estimate of drug-likeness (QED) is 0.128. The van der Waals surface area contributed by atoms with Crippen LogP contribution in [0, 0.1) is 0 Å². The molecule has 0 aromatic heterocycles. The fraction of sp³-hybridized carbons (Fsp3) is 0.529. The number of rotatable bonds is 19. The zero-order valence-corrected chi connectivity index (χ0v) is 26.1. The molecule has 0 bridgehead atoms. The Morgan fingerprint density at radius 3 is 2.07 bits per heavy atom. The van der Waals surface area contributed by atoms with Crippen molar-refractivity contribution in [3.8, 4) is 5.75 Å². The lowest BCUT2D eigenvalue weighted by Gasteiger charge is -2.21. The molecule has 2 N–H and O–H groups in total. The Morgan fingerprint density at radius 1 is 0.829 bits per heavy atom. The Hall–Kier alpha value is -2.93. The van der Waals surface area contributed by atoms with Crippen LogP contribution in [0.4, 0.5) is 16.2 Å². The molecule has 0 fully saturated rings. The van der Waals surface area contributed by atoms with Crippen molar-refractivity contribution in [1.29, 1.82) is 0 Å². The number of ether oxygens (including phenoxy) is 1. The maximum absolute atomic E-state index is 13.1. The summed E-state index contributed by atoms with van der Waals surface area (Å²) >= 11 is 1.78. The van der Waals surface area contributed by atoms with Gasteiger partial charge >= 0.3 is 6.03 Å². The average molecular weight is 580 g/mol. The number of unbranched alkanes of at least 4 members (excludes halogenated alkanes) is 11. The normalized spacial score (nSPS) is 12.8. The predicted octanol–water partition coefficient (Wildman–Crippen LogP) is 9.98. The van der Waals surface area contributed by atoms with E-state index in [0.717, 1.165) is 36.5 Å². The smallest absolute Gasteiger partial charge is 0.323 e. The zero-order valence-electron chi connectivity index (χ0n) is 25.3. The second-order valence-corrected chi connectivity index (χ2v) is 11.8. The molecule has 0 spiro atoms. The molecule has 0 atom stereocenters. The van der Waals surface area contributed by atoms with Crippen LogP contribution >= 0.6 is 11.8 Å². The number of urea groups is 1. The maximum Gasteiger partial charge on any atom is 0.323 e. The number of carbonyl (C=O) groups is 2. The summed E-state index contributed by atoms with van der Waals surface area (Å²) in [4.78, 5) is 27.7. The van der Waals surface area contributed by atoms with Gasteiger partial charge in [0.15, 0.2) is 11.5 Å². The number of hydrogen-bond acceptors (Lipinski definition) is 5. The minimum absolute atomic E-state index is 0.0870. The number of amides is 2. The van der Waals surface area contributed by atoms with Gasteiger partial charge in [-0.25, -0.2) is 4.79 Å². The van der Waals surface area contributed by atoms with Crippen LogP contribution in [-0.2, 0) is 6.54 Å². The van der Waals surface area contributed by atoms with Gasteiger partial charge in [-0.15, -0.1) is 11.8 Å². The number of ketones is 1. The van der Waals surface area contributed by atoms with Gasteiger partial charge in [0.1, 0.15) is 0 Å². The second kappa shape index (κ2) is 18.5. The van der Waals surface area contributed by atoms with Crippen molar-refractivity contribution in [1.82, 2.24) is 4.90 Å². The van der Waals surface area contributed by atoms with E-state index in [2.05, 4.69) is 34.8 Å². The molecule has 3 rings (SSSR count). The van der Waals surface area contributed by atoms with Gasteiger partial charge in [-0.05, 0) is 49.4 Å². The number of hydrogen-bond donors (Lipinski definition) is 2. The second-order valence-electron chi connectivity index (χ2n) is 11.0. The molecule has 6 nitrogen and oxygen atoms in total. The number of nitrogens with one attached hydrogen (secondary N) is 2. The molecule has 0 saturated heterocycles. The van der Waals surface area contributed by atoms with Gasteiger partial charge in [0.25, 0.3) is 0 Å². The molecular weight excluding hydrogens is 530 g/mol. The number of anilines is 2. The number of benzene rings is 2. The van der Waals surface area contributed by atoms with Gasteiger partial charge in [0.05, 0.1) is 23.7 Å². The number of carbonyl (C=O) groups excluding carboxylic acids is 2. The lowest BCUT2D eigenvalue weighted by atomic mass is 10.1. The first-order valence-electron chi connectivity index (χ1n) is 15.5. The summed E-state index contributed by atoms with van der Waals surface area (Å²) in [7, 11) is 0. The Bertz CT molecular complexity index is 1130. The first kappa shape index (κ1) is 32.6. The van der Waals surface area contributed by atoms with Crippen LogP contribution in [0.25, 0.3) is 0 Å². The molecule has 2 aromatic rings. The molecule has 0 saturated carbocycles. The summed E-state index contributed by atoms with van der Waals surface area (Å²) in [6.45, 7) is 7.13. The van der Waals surface area contributed by atoms with E-state index >= 15 is 0 Å². The van der Waals surface area contributed by atoms with E-state index in [1.807, 2.05) is 24.3 Å². The van der Waals surface area contributed by atoms with Crippen molar-refractivity contribution in [2.45, 2.75) is 104 Å². The lowest BCUT2D eigenvalue weighted by Crippen LogP contribution is -2.23. The van der Waals surface area contributed by atoms with Crippen molar-refractivity contribution >= 4 is 35.0 Å². The van der Waals surface area contributed by atoms with Crippen LogP contribution in [0.5, 0.6) is 5.75 Å². The third-order valence-electron chi connectivity index (χ3n) is 7.50. The van der Waals surface area contributed by atoms with E-state index < -0.39 is 0 Å². The molecule has 7 heteroatoms. The predicted molar refractivity (Wildman–Crippen MR) is 174 cm³/mol. The van der Waals surface area contributed by atoms with Gasteiger partial charge in [-0.2, -0.15) is 0 Å². The topological polar surface area (TPSA) is 70.7 Å². The summed E-state index contributed by atoms with van der Waals surface area (Å²) < 4.78 is 6.12. The van der Waals surface area contributed by atoms with E-state index in [9.17, 15) is 9.59 Å². The van der Waals surface area contributed by atoms with Crippen LogP contribution in [0.15, 0.2) is 53.6 Å². The minimum Gasteiger partial charge on any atom is -0.491 e. The molecule has 2 aromatic carbocycles. The van der Waals surface area contributed by atoms with Gasteiger partial charge in [0.2, 0.25) is 0 Å². The summed E-state index contributed by atoms with van der Waals surface area (Å²) in [6.07, 6.45) is 15.3.